The van der Waals surface area contributed by atoms with Crippen LogP contribution in [0, 0.1) is 0 Å². The van der Waals surface area contributed by atoms with E-state index in [0.717, 1.165) is 4.90 Å². The van der Waals surface area contributed by atoms with Gasteiger partial charge in [0.25, 0.3) is 5.91 Å². The predicted octanol–water partition coefficient (Wildman–Crippen LogP) is -2.88. The molecule has 4 atom stereocenters. The Labute approximate surface area is 216 Å². The first-order valence-corrected chi connectivity index (χ1v) is 12.2. The molecule has 5 aliphatic rings. The Morgan fingerprint density at radius 2 is 1.89 bits per heavy atom. The molecule has 3 amide bonds. The topological polar surface area (TPSA) is 217 Å². The number of amides is 3. The lowest BCUT2D eigenvalue weighted by atomic mass is 9.84. The molecule has 1 unspecified atom stereocenters. The number of aliphatic hydroxyl groups is 2. The number of likely N-dealkylation sites (tertiary alicyclic amines) is 1. The maximum atomic E-state index is 13.4. The molecule has 2 fully saturated rings. The Morgan fingerprint density at radius 3 is 2.61 bits per heavy atom. The van der Waals surface area contributed by atoms with Crippen molar-refractivity contribution >= 4 is 29.6 Å². The normalized spacial score (nSPS) is 31.9. The summed E-state index contributed by atoms with van der Waals surface area (Å²) in [4.78, 5) is 49.1. The molecule has 6 rings (SSSR count). The summed E-state index contributed by atoms with van der Waals surface area (Å²) in [5.74, 6) is -4.59. The van der Waals surface area contributed by atoms with Crippen molar-refractivity contribution in [3.8, 4) is 11.5 Å². The molecule has 0 aromatic heterocycles. The van der Waals surface area contributed by atoms with E-state index in [1.165, 1.54) is 11.0 Å². The lowest BCUT2D eigenvalue weighted by Crippen LogP contribution is -2.78. The summed E-state index contributed by atoms with van der Waals surface area (Å²) in [6.45, 7) is 3.08. The van der Waals surface area contributed by atoms with Gasteiger partial charge in [0.1, 0.15) is 12.1 Å². The van der Waals surface area contributed by atoms with Crippen LogP contribution in [0.15, 0.2) is 28.2 Å². The van der Waals surface area contributed by atoms with Gasteiger partial charge in [-0.1, -0.05) is 6.07 Å². The molecule has 5 heterocycles. The van der Waals surface area contributed by atoms with Gasteiger partial charge in [-0.05, 0) is 12.1 Å². The number of nitrogens with one attached hydrogen (secondary N) is 2. The molecule has 8 N–H and O–H groups in total. The predicted molar refractivity (Wildman–Crippen MR) is 130 cm³/mol. The van der Waals surface area contributed by atoms with Crippen LogP contribution < -0.4 is 31.6 Å². The summed E-state index contributed by atoms with van der Waals surface area (Å²) < 4.78 is 11.5. The summed E-state index contributed by atoms with van der Waals surface area (Å²) in [5, 5.41) is 28.7. The van der Waals surface area contributed by atoms with Gasteiger partial charge in [-0.15, -0.1) is 0 Å². The van der Waals surface area contributed by atoms with E-state index in [4.69, 9.17) is 20.9 Å². The van der Waals surface area contributed by atoms with Gasteiger partial charge in [-0.3, -0.25) is 19.3 Å². The molecule has 5 aliphatic heterocycles. The van der Waals surface area contributed by atoms with Crippen molar-refractivity contribution in [2.75, 3.05) is 13.1 Å². The second-order valence-corrected chi connectivity index (χ2v) is 10.4. The van der Waals surface area contributed by atoms with E-state index >= 15 is 0 Å². The van der Waals surface area contributed by atoms with Crippen molar-refractivity contribution in [2.45, 2.75) is 62.1 Å². The van der Waals surface area contributed by atoms with Crippen LogP contribution in [0.5, 0.6) is 11.5 Å². The maximum absolute atomic E-state index is 13.4. The molecule has 2 saturated heterocycles. The highest BCUT2D eigenvalue weighted by Gasteiger charge is 2.73. The Kier molecular flexibility index (Phi) is 4.91. The van der Waals surface area contributed by atoms with Gasteiger partial charge in [0.05, 0.1) is 18.2 Å². The van der Waals surface area contributed by atoms with E-state index in [1.807, 2.05) is 0 Å². The number of carbonyl (C=O) groups excluding carboxylic acids is 3. The molecule has 0 saturated carbocycles. The lowest BCUT2D eigenvalue weighted by molar-refractivity contribution is -0.230. The van der Waals surface area contributed by atoms with Gasteiger partial charge >= 0.3 is 0 Å². The van der Waals surface area contributed by atoms with Crippen molar-refractivity contribution in [1.29, 1.82) is 0 Å². The second-order valence-electron chi connectivity index (χ2n) is 10.4. The van der Waals surface area contributed by atoms with Crippen LogP contribution in [-0.4, -0.2) is 98.1 Å². The van der Waals surface area contributed by atoms with E-state index in [0.29, 0.717) is 5.75 Å². The number of nitrogens with two attached hydrogens (primary N) is 2. The number of hydrogen-bond acceptors (Lipinski definition) is 13. The van der Waals surface area contributed by atoms with Crippen LogP contribution in [0.25, 0.3) is 0 Å². The summed E-state index contributed by atoms with van der Waals surface area (Å²) in [7, 11) is 0. The van der Waals surface area contributed by atoms with Crippen molar-refractivity contribution < 1.29 is 34.1 Å². The van der Waals surface area contributed by atoms with Crippen LogP contribution in [0.2, 0.25) is 0 Å². The third kappa shape index (κ3) is 3.24. The van der Waals surface area contributed by atoms with Gasteiger partial charge in [-0.2, -0.15) is 0 Å². The maximum Gasteiger partial charge on any atom is 0.255 e. The monoisotopic (exact) mass is 528 g/mol. The molecule has 1 aromatic carbocycles. The highest BCUT2D eigenvalue weighted by Crippen LogP contribution is 2.46. The van der Waals surface area contributed by atoms with Gasteiger partial charge in [0.2, 0.25) is 23.4 Å². The largest absolute Gasteiger partial charge is 0.449 e. The molecule has 1 spiro atoms. The van der Waals surface area contributed by atoms with Gasteiger partial charge in [0, 0.05) is 33.2 Å². The van der Waals surface area contributed by atoms with Crippen molar-refractivity contribution in [3.05, 3.63) is 23.8 Å². The second kappa shape index (κ2) is 7.70. The molecule has 15 heteroatoms. The molecular formula is C23H28N8O7. The van der Waals surface area contributed by atoms with E-state index < -0.39 is 41.3 Å². The zero-order valence-corrected chi connectivity index (χ0v) is 20.7. The van der Waals surface area contributed by atoms with Gasteiger partial charge in [0.15, 0.2) is 29.1 Å². The number of hydrogen-bond donors (Lipinski definition) is 6. The van der Waals surface area contributed by atoms with E-state index in [9.17, 15) is 24.6 Å². The van der Waals surface area contributed by atoms with E-state index in [2.05, 4.69) is 20.6 Å². The Balaban J connectivity index is 1.31. The number of benzene rings is 1. The molecule has 38 heavy (non-hydrogen) atoms. The SMILES string of the molecule is CC1(C)Oc2cccc(C(=O)NC3CN4C(N)=N[C@@H](CN5C(=O)CCC5=O)[C@@H]5N=C(N)N[C@@]54C3(O)O)c2O1. The van der Waals surface area contributed by atoms with Gasteiger partial charge in [-0.25, -0.2) is 9.98 Å². The number of imide groups is 1. The molecule has 15 nitrogen and oxygen atoms in total. The summed E-state index contributed by atoms with van der Waals surface area (Å²) in [6.07, 6.45) is 0.174. The number of nitrogens with zero attached hydrogens (tertiary/aromatic N) is 4. The molecule has 1 aromatic rings. The minimum absolute atomic E-state index is 0.0868. The summed E-state index contributed by atoms with van der Waals surface area (Å²) in [6, 6.07) is 1.57. The highest BCUT2D eigenvalue weighted by atomic mass is 16.7. The van der Waals surface area contributed by atoms with Crippen LogP contribution >= 0.6 is 0 Å². The number of guanidine groups is 2. The first-order chi connectivity index (χ1) is 17.8. The number of aliphatic imine (C=N–C) groups is 2. The Bertz CT molecular complexity index is 1310. The zero-order valence-electron chi connectivity index (χ0n) is 20.7. The third-order valence-corrected chi connectivity index (χ3v) is 7.56. The highest BCUT2D eigenvalue weighted by molar-refractivity contribution is 6.02. The molecule has 0 bridgehead atoms. The van der Waals surface area contributed by atoms with Crippen molar-refractivity contribution in [1.82, 2.24) is 20.4 Å². The van der Waals surface area contributed by atoms with Crippen LogP contribution in [0.1, 0.15) is 37.0 Å². The average molecular weight is 529 g/mol. The first kappa shape index (κ1) is 24.2. The molecule has 0 aliphatic carbocycles. The fourth-order valence-corrected chi connectivity index (χ4v) is 5.90. The quantitative estimate of drug-likeness (QED) is 0.172. The summed E-state index contributed by atoms with van der Waals surface area (Å²) >= 11 is 0. The Hall–Kier alpha value is -4.11. The number of rotatable bonds is 4. The molecular weight excluding hydrogens is 500 g/mol. The lowest BCUT2D eigenvalue weighted by Gasteiger charge is -2.49. The van der Waals surface area contributed by atoms with Crippen molar-refractivity contribution in [2.24, 2.45) is 21.5 Å². The van der Waals surface area contributed by atoms with Crippen LogP contribution in [-0.2, 0) is 9.59 Å². The van der Waals surface area contributed by atoms with Gasteiger partial charge < -0.3 is 46.7 Å². The van der Waals surface area contributed by atoms with Crippen LogP contribution in [0.4, 0.5) is 0 Å². The fraction of sp³-hybridized carbons (Fsp3) is 0.522. The fourth-order valence-electron chi connectivity index (χ4n) is 5.90. The number of carbonyl (C=O) groups is 3. The Morgan fingerprint density at radius 1 is 1.18 bits per heavy atom. The van der Waals surface area contributed by atoms with E-state index in [1.54, 1.807) is 26.0 Å². The van der Waals surface area contributed by atoms with E-state index in [-0.39, 0.29) is 61.0 Å². The zero-order chi connectivity index (χ0) is 27.2. The molecule has 202 valence electrons. The molecule has 0 radical (unpaired) electrons. The minimum atomic E-state index is -2.68. The van der Waals surface area contributed by atoms with Crippen LogP contribution in [0.3, 0.4) is 0 Å². The number of fused-ring (bicyclic) bond motifs is 1. The number of para-hydroxylation sites is 1. The minimum Gasteiger partial charge on any atom is -0.449 e. The third-order valence-electron chi connectivity index (χ3n) is 7.56. The van der Waals surface area contributed by atoms with Crippen molar-refractivity contribution in [3.63, 3.8) is 0 Å². The number of ether oxygens (including phenoxy) is 2. The summed E-state index contributed by atoms with van der Waals surface area (Å²) in [5.41, 5.74) is 10.6. The standard InChI is InChI=1S/C23H28N8O7/c1-21(2)37-12-5-3-4-10(16(12)38-21)18(34)27-13-9-31-20(25)26-11(8-30-14(32)6-7-15(30)33)17-22(31,23(13,35)36)29-19(24)28-17/h3-5,11,13,17,35-36H,6-9H2,1-2H3,(H2,25,26)(H,27,34)(H3,24,28,29)/t11-,13?,17-,22-/m0/s1. The smallest absolute Gasteiger partial charge is 0.255 e. The first-order valence-electron chi connectivity index (χ1n) is 12.2. The average Bonchev–Trinajstić information content (AvgIpc) is 3.52.